The number of aromatic nitrogens is 3. The van der Waals surface area contributed by atoms with Crippen molar-refractivity contribution in [3.8, 4) is 5.75 Å². The predicted octanol–water partition coefficient (Wildman–Crippen LogP) is 3.43. The van der Waals surface area contributed by atoms with Gasteiger partial charge in [-0.1, -0.05) is 25.1 Å². The van der Waals surface area contributed by atoms with Crippen LogP contribution in [0.1, 0.15) is 42.2 Å². The molecule has 0 aliphatic carbocycles. The highest BCUT2D eigenvalue weighted by molar-refractivity contribution is 5.76. The summed E-state index contributed by atoms with van der Waals surface area (Å²) < 4.78 is 13.4. The van der Waals surface area contributed by atoms with Crippen molar-refractivity contribution >= 4 is 5.91 Å². The van der Waals surface area contributed by atoms with Crippen molar-refractivity contribution in [2.24, 2.45) is 0 Å². The molecule has 3 heterocycles. The number of carbonyl (C=O) groups is 1. The third-order valence-electron chi connectivity index (χ3n) is 5.78. The molecule has 1 fully saturated rings. The highest BCUT2D eigenvalue weighted by atomic mass is 16.5. The summed E-state index contributed by atoms with van der Waals surface area (Å²) in [4.78, 5) is 23.9. The van der Waals surface area contributed by atoms with E-state index >= 15 is 0 Å². The Morgan fingerprint density at radius 2 is 2.12 bits per heavy atom. The molecule has 0 radical (unpaired) electrons. The minimum Gasteiger partial charge on any atom is -0.497 e. The lowest BCUT2D eigenvalue weighted by Crippen LogP contribution is -2.42. The molecule has 1 amide bonds. The van der Waals surface area contributed by atoms with Crippen molar-refractivity contribution in [3.63, 3.8) is 0 Å². The number of nitrogens with zero attached hydrogens (tertiary/aromatic N) is 4. The molecule has 2 aromatic heterocycles. The Labute approximate surface area is 189 Å². The lowest BCUT2D eigenvalue weighted by atomic mass is 10.1. The van der Waals surface area contributed by atoms with Crippen molar-refractivity contribution in [3.05, 3.63) is 77.6 Å². The molecular formula is C25H30N4O3. The zero-order chi connectivity index (χ0) is 22.3. The summed E-state index contributed by atoms with van der Waals surface area (Å²) in [5.74, 6) is 1.99. The van der Waals surface area contributed by atoms with Gasteiger partial charge in [0.25, 0.3) is 0 Å². The predicted molar refractivity (Wildman–Crippen MR) is 122 cm³/mol. The van der Waals surface area contributed by atoms with Crippen LogP contribution in [0.25, 0.3) is 0 Å². The maximum atomic E-state index is 12.8. The first kappa shape index (κ1) is 22.0. The number of morpholine rings is 1. The van der Waals surface area contributed by atoms with Crippen LogP contribution in [0.3, 0.4) is 0 Å². The van der Waals surface area contributed by atoms with E-state index in [9.17, 15) is 4.79 Å². The number of amides is 1. The summed E-state index contributed by atoms with van der Waals surface area (Å²) in [7, 11) is 1.67. The molecule has 4 rings (SSSR count). The van der Waals surface area contributed by atoms with E-state index in [0.29, 0.717) is 39.1 Å². The first-order valence-corrected chi connectivity index (χ1v) is 11.1. The molecule has 1 aliphatic heterocycles. The van der Waals surface area contributed by atoms with Gasteiger partial charge in [-0.25, -0.2) is 4.98 Å². The minimum atomic E-state index is -0.211. The Morgan fingerprint density at radius 1 is 1.25 bits per heavy atom. The van der Waals surface area contributed by atoms with Crippen LogP contribution in [0.5, 0.6) is 5.75 Å². The standard InChI is InChI=1S/C25H30N4O3/c1-3-24-26-11-13-28(24)12-10-25(30)29-14-15-32-23(18-29)22-9-5-7-20(27-22)16-19-6-4-8-21(17-19)31-2/h4-9,11,13,17,23H,3,10,12,14-16,18H2,1-2H3. The maximum Gasteiger partial charge on any atom is 0.224 e. The molecule has 168 valence electrons. The second-order valence-corrected chi connectivity index (χ2v) is 7.92. The fourth-order valence-corrected chi connectivity index (χ4v) is 4.05. The van der Waals surface area contributed by atoms with E-state index in [0.717, 1.165) is 34.9 Å². The summed E-state index contributed by atoms with van der Waals surface area (Å²) in [6, 6.07) is 14.0. The molecule has 0 bridgehead atoms. The highest BCUT2D eigenvalue weighted by Crippen LogP contribution is 2.23. The van der Waals surface area contributed by atoms with Gasteiger partial charge in [-0.05, 0) is 29.8 Å². The average Bonchev–Trinajstić information content (AvgIpc) is 3.30. The van der Waals surface area contributed by atoms with E-state index < -0.39 is 0 Å². The fourth-order valence-electron chi connectivity index (χ4n) is 4.05. The Balaban J connectivity index is 1.38. The van der Waals surface area contributed by atoms with Gasteiger partial charge in [-0.15, -0.1) is 0 Å². The number of carbonyl (C=O) groups excluding carboxylic acids is 1. The normalized spacial score (nSPS) is 16.2. The SMILES string of the molecule is CCc1nccn1CCC(=O)N1CCOC(c2cccc(Cc3cccc(OC)c3)n2)C1. The Hall–Kier alpha value is -3.19. The van der Waals surface area contributed by atoms with Gasteiger partial charge < -0.3 is 18.9 Å². The summed E-state index contributed by atoms with van der Waals surface area (Å²) in [6.07, 6.45) is 5.55. The van der Waals surface area contributed by atoms with E-state index in [4.69, 9.17) is 14.5 Å². The average molecular weight is 435 g/mol. The zero-order valence-electron chi connectivity index (χ0n) is 18.7. The van der Waals surface area contributed by atoms with Gasteiger partial charge in [0, 0.05) is 50.4 Å². The molecule has 32 heavy (non-hydrogen) atoms. The van der Waals surface area contributed by atoms with Crippen LogP contribution < -0.4 is 4.74 Å². The number of hydrogen-bond acceptors (Lipinski definition) is 5. The quantitative estimate of drug-likeness (QED) is 0.543. The third-order valence-corrected chi connectivity index (χ3v) is 5.78. The number of rotatable bonds is 8. The van der Waals surface area contributed by atoms with Crippen LogP contribution >= 0.6 is 0 Å². The Kier molecular flexibility index (Phi) is 7.17. The first-order valence-electron chi connectivity index (χ1n) is 11.1. The molecule has 0 spiro atoms. The molecule has 7 heteroatoms. The number of benzene rings is 1. The second-order valence-electron chi connectivity index (χ2n) is 7.92. The van der Waals surface area contributed by atoms with Gasteiger partial charge in [-0.2, -0.15) is 0 Å². The summed E-state index contributed by atoms with van der Waals surface area (Å²) in [5, 5.41) is 0. The number of pyridine rings is 1. The van der Waals surface area contributed by atoms with Crippen molar-refractivity contribution in [2.45, 2.75) is 38.8 Å². The van der Waals surface area contributed by atoms with Crippen molar-refractivity contribution in [1.82, 2.24) is 19.4 Å². The second kappa shape index (κ2) is 10.4. The molecule has 7 nitrogen and oxygen atoms in total. The molecule has 1 saturated heterocycles. The van der Waals surface area contributed by atoms with Crippen molar-refractivity contribution in [1.29, 1.82) is 0 Å². The topological polar surface area (TPSA) is 69.5 Å². The molecule has 3 aromatic rings. The van der Waals surface area contributed by atoms with E-state index in [1.165, 1.54) is 0 Å². The van der Waals surface area contributed by atoms with Gasteiger partial charge in [0.1, 0.15) is 17.7 Å². The number of ether oxygens (including phenoxy) is 2. The maximum absolute atomic E-state index is 12.8. The molecule has 1 unspecified atom stereocenters. The van der Waals surface area contributed by atoms with Crippen LogP contribution in [0, 0.1) is 0 Å². The van der Waals surface area contributed by atoms with E-state index in [1.54, 1.807) is 13.3 Å². The lowest BCUT2D eigenvalue weighted by Gasteiger charge is -2.33. The molecule has 1 aliphatic rings. The molecule has 0 saturated carbocycles. The zero-order valence-corrected chi connectivity index (χ0v) is 18.7. The van der Waals surface area contributed by atoms with Crippen molar-refractivity contribution < 1.29 is 14.3 Å². The Morgan fingerprint density at radius 3 is 2.97 bits per heavy atom. The summed E-state index contributed by atoms with van der Waals surface area (Å²) >= 11 is 0. The first-order chi connectivity index (χ1) is 15.7. The number of aryl methyl sites for hydroxylation is 2. The fraction of sp³-hybridized carbons (Fsp3) is 0.400. The highest BCUT2D eigenvalue weighted by Gasteiger charge is 2.26. The molecule has 1 atom stereocenters. The molecule has 0 N–H and O–H groups in total. The van der Waals surface area contributed by atoms with Crippen molar-refractivity contribution in [2.75, 3.05) is 26.8 Å². The minimum absolute atomic E-state index is 0.140. The van der Waals surface area contributed by atoms with Crippen LogP contribution in [-0.4, -0.2) is 52.1 Å². The van der Waals surface area contributed by atoms with Gasteiger partial charge >= 0.3 is 0 Å². The number of hydrogen-bond donors (Lipinski definition) is 0. The number of imidazole rings is 1. The monoisotopic (exact) mass is 434 g/mol. The Bertz CT molecular complexity index is 1050. The van der Waals surface area contributed by atoms with Gasteiger partial charge in [0.15, 0.2) is 0 Å². The molecule has 1 aromatic carbocycles. The molecular weight excluding hydrogens is 404 g/mol. The number of methoxy groups -OCH3 is 1. The summed E-state index contributed by atoms with van der Waals surface area (Å²) in [6.45, 7) is 4.38. The largest absolute Gasteiger partial charge is 0.497 e. The smallest absolute Gasteiger partial charge is 0.224 e. The van der Waals surface area contributed by atoms with Crippen LogP contribution in [0.15, 0.2) is 54.9 Å². The van der Waals surface area contributed by atoms with Gasteiger partial charge in [0.05, 0.1) is 26.0 Å². The third kappa shape index (κ3) is 5.34. The lowest BCUT2D eigenvalue weighted by molar-refractivity contribution is -0.139. The van der Waals surface area contributed by atoms with Gasteiger partial charge in [0.2, 0.25) is 5.91 Å². The van der Waals surface area contributed by atoms with E-state index in [2.05, 4.69) is 22.5 Å². The van der Waals surface area contributed by atoms with Crippen LogP contribution in [0.4, 0.5) is 0 Å². The van der Waals surface area contributed by atoms with Gasteiger partial charge in [-0.3, -0.25) is 9.78 Å². The van der Waals surface area contributed by atoms with Crippen LogP contribution in [0.2, 0.25) is 0 Å². The van der Waals surface area contributed by atoms with E-state index in [-0.39, 0.29) is 12.0 Å². The van der Waals surface area contributed by atoms with Crippen LogP contribution in [-0.2, 0) is 28.9 Å². The summed E-state index contributed by atoms with van der Waals surface area (Å²) in [5.41, 5.74) is 2.97. The van der Waals surface area contributed by atoms with E-state index in [1.807, 2.05) is 47.5 Å².